The van der Waals surface area contributed by atoms with Gasteiger partial charge in [-0.25, -0.2) is 0 Å². The first-order chi connectivity index (χ1) is 16.1. The Labute approximate surface area is 208 Å². The minimum absolute atomic E-state index is 0.240. The van der Waals surface area contributed by atoms with Gasteiger partial charge in [0.05, 0.1) is 0 Å². The molecule has 4 aliphatic heterocycles. The molecule has 4 saturated heterocycles. The van der Waals surface area contributed by atoms with Gasteiger partial charge in [-0.1, -0.05) is 0 Å². The summed E-state index contributed by atoms with van der Waals surface area (Å²) in [6.07, 6.45) is -1.22. The zero-order valence-corrected chi connectivity index (χ0v) is 21.8. The van der Waals surface area contributed by atoms with Crippen LogP contribution in [0.5, 0.6) is 0 Å². The molecule has 0 spiro atoms. The van der Waals surface area contributed by atoms with E-state index in [9.17, 15) is 29.4 Å². The fourth-order valence-electron chi connectivity index (χ4n) is 5.54. The first kappa shape index (κ1) is 27.4. The molecule has 0 aromatic carbocycles. The predicted octanol–water partition coefficient (Wildman–Crippen LogP) is 0.776. The van der Waals surface area contributed by atoms with Crippen molar-refractivity contribution in [3.8, 4) is 0 Å². The Morgan fingerprint density at radius 1 is 0.583 bits per heavy atom. The Kier molecular flexibility index (Phi) is 5.69. The number of fused-ring (bicyclic) bond motifs is 2. The molecule has 0 aliphatic carbocycles. The van der Waals surface area contributed by atoms with E-state index in [2.05, 4.69) is 0 Å². The fraction of sp³-hybridized carbons (Fsp3) is 0.833. The average molecular weight is 515 g/mol. The van der Waals surface area contributed by atoms with Gasteiger partial charge in [0.1, 0.15) is 11.2 Å². The standard InChI is InChI=1S/C24H34O12/c1-13(25)17(3)11-23(29)21(7,31-17)34-20(6,36-23)16(28)10-9-15(27)18(4)12-24(30)22(8,32-18)33-19(5,35-24)14(2)26/h29-30H,9-12H2,1-8H3/t17-,18+,19-,20+,21-,22?,23?,24-/m1/s1. The molecule has 4 fully saturated rings. The van der Waals surface area contributed by atoms with Crippen LogP contribution in [0.4, 0.5) is 0 Å². The van der Waals surface area contributed by atoms with Crippen molar-refractivity contribution in [2.45, 2.75) is 127 Å². The quantitative estimate of drug-likeness (QED) is 0.491. The minimum atomic E-state index is -2.07. The molecule has 4 heterocycles. The van der Waals surface area contributed by atoms with Crippen molar-refractivity contribution in [2.24, 2.45) is 0 Å². The number of carbonyl (C=O) groups is 4. The van der Waals surface area contributed by atoms with Crippen LogP contribution in [0.3, 0.4) is 0 Å². The molecular formula is C24H34O12. The number of ketones is 4. The molecular weight excluding hydrogens is 480 g/mol. The smallest absolute Gasteiger partial charge is 0.231 e. The molecule has 0 bridgehead atoms. The van der Waals surface area contributed by atoms with E-state index in [1.807, 2.05) is 0 Å². The second kappa shape index (κ2) is 7.48. The van der Waals surface area contributed by atoms with Gasteiger partial charge < -0.3 is 38.6 Å². The van der Waals surface area contributed by atoms with Gasteiger partial charge in [0, 0.05) is 32.6 Å². The van der Waals surface area contributed by atoms with Crippen LogP contribution in [0.2, 0.25) is 0 Å². The molecule has 12 nitrogen and oxygen atoms in total. The van der Waals surface area contributed by atoms with E-state index in [0.717, 1.165) is 0 Å². The maximum atomic E-state index is 13.1. The van der Waals surface area contributed by atoms with Crippen LogP contribution in [0.1, 0.15) is 81.1 Å². The topological polar surface area (TPSA) is 164 Å². The monoisotopic (exact) mass is 514 g/mol. The third-order valence-electron chi connectivity index (χ3n) is 7.98. The van der Waals surface area contributed by atoms with Crippen LogP contribution in [0, 0.1) is 0 Å². The molecule has 36 heavy (non-hydrogen) atoms. The van der Waals surface area contributed by atoms with E-state index in [1.54, 1.807) is 0 Å². The molecule has 2 N–H and O–H groups in total. The summed E-state index contributed by atoms with van der Waals surface area (Å²) in [5.74, 6) is -13.3. The number of ether oxygens (including phenoxy) is 6. The summed E-state index contributed by atoms with van der Waals surface area (Å²) >= 11 is 0. The van der Waals surface area contributed by atoms with Crippen LogP contribution >= 0.6 is 0 Å². The van der Waals surface area contributed by atoms with E-state index >= 15 is 0 Å². The van der Waals surface area contributed by atoms with Gasteiger partial charge in [-0.15, -0.1) is 0 Å². The second-order valence-corrected chi connectivity index (χ2v) is 11.2. The maximum Gasteiger partial charge on any atom is 0.231 e. The van der Waals surface area contributed by atoms with E-state index in [-0.39, 0.29) is 31.5 Å². The lowest BCUT2D eigenvalue weighted by atomic mass is 9.89. The van der Waals surface area contributed by atoms with Crippen LogP contribution in [0.25, 0.3) is 0 Å². The third kappa shape index (κ3) is 3.65. The number of Topliss-reactive ketones (excluding diaryl/α,β-unsaturated/α-hetero) is 4. The van der Waals surface area contributed by atoms with E-state index < -0.39 is 63.3 Å². The summed E-state index contributed by atoms with van der Waals surface area (Å²) in [6, 6.07) is 0. The highest BCUT2D eigenvalue weighted by Gasteiger charge is 2.75. The summed E-state index contributed by atoms with van der Waals surface area (Å²) in [5.41, 5.74) is -2.93. The molecule has 2 unspecified atom stereocenters. The van der Waals surface area contributed by atoms with Crippen molar-refractivity contribution in [1.29, 1.82) is 0 Å². The number of carbonyl (C=O) groups excluding carboxylic acids is 4. The normalized spacial score (nSPS) is 51.7. The average Bonchev–Trinajstić information content (AvgIpc) is 3.18. The number of hydrogen-bond acceptors (Lipinski definition) is 12. The van der Waals surface area contributed by atoms with Crippen molar-refractivity contribution in [1.82, 2.24) is 0 Å². The molecule has 0 saturated carbocycles. The molecule has 12 heteroatoms. The van der Waals surface area contributed by atoms with Crippen LogP contribution in [-0.2, 0) is 47.6 Å². The summed E-state index contributed by atoms with van der Waals surface area (Å²) in [5, 5.41) is 22.1. The Morgan fingerprint density at radius 2 is 1.00 bits per heavy atom. The second-order valence-electron chi connectivity index (χ2n) is 11.2. The largest absolute Gasteiger partial charge is 0.361 e. The third-order valence-corrected chi connectivity index (χ3v) is 7.98. The lowest BCUT2D eigenvalue weighted by molar-refractivity contribution is -0.272. The van der Waals surface area contributed by atoms with E-state index in [1.165, 1.54) is 55.4 Å². The lowest BCUT2D eigenvalue weighted by Gasteiger charge is -2.31. The number of aliphatic hydroxyl groups is 2. The Hall–Kier alpha value is -1.64. The zero-order valence-electron chi connectivity index (χ0n) is 21.8. The highest BCUT2D eigenvalue weighted by atomic mass is 16.9. The first-order valence-electron chi connectivity index (χ1n) is 11.8. The van der Waals surface area contributed by atoms with E-state index in [0.29, 0.717) is 0 Å². The lowest BCUT2D eigenvalue weighted by Crippen LogP contribution is -2.46. The van der Waals surface area contributed by atoms with Crippen molar-refractivity contribution in [3.63, 3.8) is 0 Å². The molecule has 0 aromatic heterocycles. The Balaban J connectivity index is 1.42. The van der Waals surface area contributed by atoms with Crippen molar-refractivity contribution >= 4 is 23.1 Å². The van der Waals surface area contributed by atoms with Gasteiger partial charge >= 0.3 is 0 Å². The Morgan fingerprint density at radius 3 is 1.47 bits per heavy atom. The molecule has 4 aliphatic rings. The van der Waals surface area contributed by atoms with Crippen molar-refractivity contribution in [3.05, 3.63) is 0 Å². The predicted molar refractivity (Wildman–Crippen MR) is 117 cm³/mol. The zero-order chi connectivity index (χ0) is 27.4. The Bertz CT molecular complexity index is 930. The highest BCUT2D eigenvalue weighted by molar-refractivity contribution is 5.94. The van der Waals surface area contributed by atoms with Crippen LogP contribution in [-0.4, -0.2) is 79.3 Å². The number of hydrogen-bond donors (Lipinski definition) is 2. The summed E-state index contributed by atoms with van der Waals surface area (Å²) in [7, 11) is 0. The summed E-state index contributed by atoms with van der Waals surface area (Å²) in [6.45, 7) is 10.9. The van der Waals surface area contributed by atoms with Gasteiger partial charge in [0.2, 0.25) is 34.7 Å². The van der Waals surface area contributed by atoms with Crippen molar-refractivity contribution in [2.75, 3.05) is 0 Å². The summed E-state index contributed by atoms with van der Waals surface area (Å²) in [4.78, 5) is 50.1. The highest BCUT2D eigenvalue weighted by Crippen LogP contribution is 2.57. The maximum absolute atomic E-state index is 13.1. The summed E-state index contributed by atoms with van der Waals surface area (Å²) < 4.78 is 34.1. The SMILES string of the molecule is CC(=O)[C@]1(C)OC2(C)O[C@](C)(C(=O)CCC(=O)[C@]3(C)OC4(O)C[C@](C)(C(C)=O)O[C@]4(C)O3)C[C@@]2(O)O1. The first-order valence-corrected chi connectivity index (χ1v) is 11.8. The van der Waals surface area contributed by atoms with E-state index in [4.69, 9.17) is 28.4 Å². The molecule has 8 atom stereocenters. The minimum Gasteiger partial charge on any atom is -0.361 e. The van der Waals surface area contributed by atoms with Gasteiger partial charge in [-0.2, -0.15) is 0 Å². The van der Waals surface area contributed by atoms with Crippen LogP contribution < -0.4 is 0 Å². The molecule has 0 amide bonds. The molecule has 0 radical (unpaired) electrons. The number of rotatable bonds is 7. The molecule has 4 rings (SSSR count). The van der Waals surface area contributed by atoms with Gasteiger partial charge in [0.15, 0.2) is 23.1 Å². The van der Waals surface area contributed by atoms with Gasteiger partial charge in [-0.3, -0.25) is 19.2 Å². The molecule has 202 valence electrons. The van der Waals surface area contributed by atoms with Crippen molar-refractivity contribution < 1.29 is 57.8 Å². The van der Waals surface area contributed by atoms with Gasteiger partial charge in [-0.05, 0) is 48.5 Å². The van der Waals surface area contributed by atoms with Crippen LogP contribution in [0.15, 0.2) is 0 Å². The van der Waals surface area contributed by atoms with Gasteiger partial charge in [0.25, 0.3) is 0 Å². The fourth-order valence-corrected chi connectivity index (χ4v) is 5.54. The molecule has 0 aromatic rings.